The molecule has 130 valence electrons. The van der Waals surface area contributed by atoms with Crippen LogP contribution in [0.2, 0.25) is 0 Å². The maximum absolute atomic E-state index is 11.9. The van der Waals surface area contributed by atoms with Crippen LogP contribution >= 0.6 is 0 Å². The zero-order chi connectivity index (χ0) is 17.5. The van der Waals surface area contributed by atoms with Crippen molar-refractivity contribution in [3.8, 4) is 0 Å². The largest absolute Gasteiger partial charge is 0.369 e. The van der Waals surface area contributed by atoms with Crippen molar-refractivity contribution in [1.29, 1.82) is 0 Å². The van der Waals surface area contributed by atoms with Gasteiger partial charge < -0.3 is 11.5 Å². The molecule has 2 aliphatic rings. The first-order valence-electron chi connectivity index (χ1n) is 7.81. The number of benzene rings is 1. The Morgan fingerprint density at radius 1 is 1.21 bits per heavy atom. The number of hydrogen-bond acceptors (Lipinski definition) is 7. The van der Waals surface area contributed by atoms with Crippen LogP contribution in [0, 0.1) is 6.92 Å². The topological polar surface area (TPSA) is 134 Å². The van der Waals surface area contributed by atoms with E-state index in [4.69, 9.17) is 11.5 Å². The van der Waals surface area contributed by atoms with Gasteiger partial charge in [0.1, 0.15) is 10.6 Å². The van der Waals surface area contributed by atoms with E-state index in [1.54, 1.807) is 24.0 Å². The van der Waals surface area contributed by atoms with E-state index in [1.165, 1.54) is 6.07 Å². The summed E-state index contributed by atoms with van der Waals surface area (Å²) in [6.45, 7) is 1.75. The number of aryl methyl sites for hydroxylation is 1. The molecule has 1 aromatic rings. The van der Waals surface area contributed by atoms with Gasteiger partial charge in [-0.2, -0.15) is 13.4 Å². The minimum Gasteiger partial charge on any atom is -0.369 e. The summed E-state index contributed by atoms with van der Waals surface area (Å²) in [4.78, 5) is 9.91. The highest BCUT2D eigenvalue weighted by atomic mass is 32.2. The first-order valence-corrected chi connectivity index (χ1v) is 9.25. The van der Waals surface area contributed by atoms with Crippen molar-refractivity contribution in [3.63, 3.8) is 0 Å². The Kier molecular flexibility index (Phi) is 4.00. The average molecular weight is 351 g/mol. The summed E-state index contributed by atoms with van der Waals surface area (Å²) in [5.41, 5.74) is 12.1. The van der Waals surface area contributed by atoms with E-state index < -0.39 is 15.8 Å². The Balaban J connectivity index is 2.22. The van der Waals surface area contributed by atoms with E-state index in [2.05, 4.69) is 9.98 Å². The molecule has 3 rings (SSSR count). The summed E-state index contributed by atoms with van der Waals surface area (Å²) in [5.74, 6) is 0.171. The first-order chi connectivity index (χ1) is 11.2. The minimum atomic E-state index is -4.43. The van der Waals surface area contributed by atoms with Crippen molar-refractivity contribution in [3.05, 3.63) is 23.8 Å². The van der Waals surface area contributed by atoms with E-state index in [-0.39, 0.29) is 22.5 Å². The minimum absolute atomic E-state index is 0.0816. The average Bonchev–Trinajstić information content (AvgIpc) is 2.47. The van der Waals surface area contributed by atoms with Crippen LogP contribution in [-0.2, 0) is 10.1 Å². The second-order valence-electron chi connectivity index (χ2n) is 6.26. The summed E-state index contributed by atoms with van der Waals surface area (Å²) in [5, 5.41) is 0. The lowest BCUT2D eigenvalue weighted by molar-refractivity contribution is 0.304. The third-order valence-electron chi connectivity index (χ3n) is 4.49. The molecule has 0 amide bonds. The molecule has 0 unspecified atom stereocenters. The Hall–Kier alpha value is -2.13. The Bertz CT molecular complexity index is 826. The highest BCUT2D eigenvalue weighted by Gasteiger charge is 2.44. The Labute approximate surface area is 141 Å². The SMILES string of the molecule is Cc1ccc(N2C(N)=NC(N)=NC23CCCCC3)c(S(=O)(=O)O)c1. The fourth-order valence-electron chi connectivity index (χ4n) is 3.48. The van der Waals surface area contributed by atoms with Crippen LogP contribution in [0.15, 0.2) is 33.1 Å². The van der Waals surface area contributed by atoms with Gasteiger partial charge in [-0.1, -0.05) is 12.5 Å². The lowest BCUT2D eigenvalue weighted by atomic mass is 9.87. The van der Waals surface area contributed by atoms with Crippen molar-refractivity contribution < 1.29 is 13.0 Å². The number of anilines is 1. The summed E-state index contributed by atoms with van der Waals surface area (Å²) in [6.07, 6.45) is 4.29. The second-order valence-corrected chi connectivity index (χ2v) is 7.65. The molecule has 0 saturated heterocycles. The molecule has 0 atom stereocenters. The van der Waals surface area contributed by atoms with Gasteiger partial charge >= 0.3 is 0 Å². The van der Waals surface area contributed by atoms with Gasteiger partial charge in [0, 0.05) is 0 Å². The van der Waals surface area contributed by atoms with Crippen molar-refractivity contribution >= 4 is 27.7 Å². The molecule has 0 radical (unpaired) electrons. The highest BCUT2D eigenvalue weighted by Crippen LogP contribution is 2.41. The van der Waals surface area contributed by atoms with Crippen molar-refractivity contribution in [2.45, 2.75) is 49.6 Å². The van der Waals surface area contributed by atoms with Crippen LogP contribution < -0.4 is 16.4 Å². The number of guanidine groups is 2. The molecule has 1 fully saturated rings. The van der Waals surface area contributed by atoms with Gasteiger partial charge in [0.2, 0.25) is 11.9 Å². The van der Waals surface area contributed by atoms with Crippen molar-refractivity contribution in [1.82, 2.24) is 0 Å². The molecule has 1 aliphatic carbocycles. The fraction of sp³-hybridized carbons (Fsp3) is 0.467. The molecule has 9 heteroatoms. The van der Waals surface area contributed by atoms with Crippen LogP contribution in [-0.4, -0.2) is 30.6 Å². The van der Waals surface area contributed by atoms with Crippen molar-refractivity contribution in [2.75, 3.05) is 4.90 Å². The summed E-state index contributed by atoms with van der Waals surface area (Å²) < 4.78 is 33.4. The van der Waals surface area contributed by atoms with Gasteiger partial charge in [0.05, 0.1) is 5.69 Å². The molecule has 0 bridgehead atoms. The monoisotopic (exact) mass is 351 g/mol. The Morgan fingerprint density at radius 3 is 2.50 bits per heavy atom. The molecular weight excluding hydrogens is 330 g/mol. The van der Waals surface area contributed by atoms with Crippen LogP contribution in [0.1, 0.15) is 37.7 Å². The van der Waals surface area contributed by atoms with E-state index in [1.807, 2.05) is 0 Å². The predicted octanol–water partition coefficient (Wildman–Crippen LogP) is 1.35. The number of rotatable bonds is 2. The van der Waals surface area contributed by atoms with E-state index in [0.29, 0.717) is 18.4 Å². The standard InChI is InChI=1S/C15H21N5O3S/c1-10-5-6-11(12(9-10)24(21,22)23)20-14(17)18-13(16)19-15(20)7-3-2-4-8-15/h5-6,9H,2-4,7-8H2,1H3,(H,21,22,23)(H4,16,17,18,19). The molecule has 24 heavy (non-hydrogen) atoms. The quantitative estimate of drug-likeness (QED) is 0.688. The molecule has 8 nitrogen and oxygen atoms in total. The number of nitrogens with zero attached hydrogens (tertiary/aromatic N) is 3. The van der Waals surface area contributed by atoms with Crippen LogP contribution in [0.5, 0.6) is 0 Å². The van der Waals surface area contributed by atoms with E-state index in [0.717, 1.165) is 19.3 Å². The third kappa shape index (κ3) is 2.84. The number of nitrogens with two attached hydrogens (primary N) is 2. The van der Waals surface area contributed by atoms with Gasteiger partial charge in [-0.15, -0.1) is 0 Å². The summed E-state index contributed by atoms with van der Waals surface area (Å²) >= 11 is 0. The summed E-state index contributed by atoms with van der Waals surface area (Å²) in [6, 6.07) is 4.79. The molecule has 1 aliphatic heterocycles. The van der Waals surface area contributed by atoms with Crippen LogP contribution in [0.4, 0.5) is 5.69 Å². The predicted molar refractivity (Wildman–Crippen MR) is 92.5 cm³/mol. The highest BCUT2D eigenvalue weighted by molar-refractivity contribution is 7.86. The normalized spacial score (nSPS) is 20.7. The molecule has 5 N–H and O–H groups in total. The zero-order valence-corrected chi connectivity index (χ0v) is 14.3. The smallest absolute Gasteiger partial charge is 0.296 e. The lowest BCUT2D eigenvalue weighted by Gasteiger charge is -2.46. The second kappa shape index (κ2) is 5.75. The maximum atomic E-state index is 11.9. The molecule has 0 aromatic heterocycles. The van der Waals surface area contributed by atoms with Crippen LogP contribution in [0.25, 0.3) is 0 Å². The van der Waals surface area contributed by atoms with Gasteiger partial charge in [0.25, 0.3) is 10.1 Å². The van der Waals surface area contributed by atoms with E-state index in [9.17, 15) is 13.0 Å². The first kappa shape index (κ1) is 16.7. The molecule has 1 spiro atoms. The molecule has 1 heterocycles. The fourth-order valence-corrected chi connectivity index (χ4v) is 4.24. The van der Waals surface area contributed by atoms with Gasteiger partial charge in [-0.05, 0) is 50.3 Å². The Morgan fingerprint density at radius 2 is 1.88 bits per heavy atom. The van der Waals surface area contributed by atoms with Gasteiger partial charge in [-0.25, -0.2) is 4.99 Å². The van der Waals surface area contributed by atoms with Crippen LogP contribution in [0.3, 0.4) is 0 Å². The van der Waals surface area contributed by atoms with E-state index >= 15 is 0 Å². The number of aliphatic imine (C=N–C) groups is 2. The van der Waals surface area contributed by atoms with Gasteiger partial charge in [0.15, 0.2) is 0 Å². The summed E-state index contributed by atoms with van der Waals surface area (Å²) in [7, 11) is -4.43. The maximum Gasteiger partial charge on any atom is 0.296 e. The number of hydrogen-bond donors (Lipinski definition) is 3. The molecular formula is C15H21N5O3S. The van der Waals surface area contributed by atoms with Gasteiger partial charge in [-0.3, -0.25) is 9.45 Å². The zero-order valence-electron chi connectivity index (χ0n) is 13.4. The molecule has 1 saturated carbocycles. The lowest BCUT2D eigenvalue weighted by Crippen LogP contribution is -2.58. The third-order valence-corrected chi connectivity index (χ3v) is 5.37. The van der Waals surface area contributed by atoms with Crippen molar-refractivity contribution in [2.24, 2.45) is 21.5 Å². The molecule has 1 aromatic carbocycles.